The van der Waals surface area contributed by atoms with Crippen molar-refractivity contribution in [3.8, 4) is 16.9 Å². The lowest BCUT2D eigenvalue weighted by atomic mass is 10.0. The Labute approximate surface area is 132 Å². The number of methoxy groups -OCH3 is 1. The molecule has 0 aliphatic heterocycles. The first-order valence-corrected chi connectivity index (χ1v) is 11.3. The van der Waals surface area contributed by atoms with Crippen LogP contribution in [0, 0.1) is 0 Å². The van der Waals surface area contributed by atoms with Crippen LogP contribution in [-0.4, -0.2) is 19.6 Å². The summed E-state index contributed by atoms with van der Waals surface area (Å²) in [5, 5.41) is 1.33. The minimum absolute atomic E-state index is 0.937. The minimum atomic E-state index is -1.49. The smallest absolute Gasteiger partial charge is 0.153 e. The number of benzene rings is 2. The lowest BCUT2D eigenvalue weighted by molar-refractivity contribution is 0.415. The molecular formula is C19H21NOSi. The van der Waals surface area contributed by atoms with Gasteiger partial charge in [-0.25, -0.2) is 0 Å². The van der Waals surface area contributed by atoms with Crippen LogP contribution in [0.4, 0.5) is 0 Å². The van der Waals surface area contributed by atoms with Gasteiger partial charge in [-0.1, -0.05) is 43.9 Å². The summed E-state index contributed by atoms with van der Waals surface area (Å²) in [6.45, 7) is 7.25. The van der Waals surface area contributed by atoms with Crippen molar-refractivity contribution in [2.24, 2.45) is 0 Å². The van der Waals surface area contributed by atoms with E-state index in [2.05, 4.69) is 66.3 Å². The van der Waals surface area contributed by atoms with E-state index < -0.39 is 8.24 Å². The molecule has 3 heteroatoms. The lowest BCUT2D eigenvalue weighted by Crippen LogP contribution is -2.33. The van der Waals surface area contributed by atoms with E-state index in [1.165, 1.54) is 33.3 Å². The predicted molar refractivity (Wildman–Crippen MR) is 95.5 cm³/mol. The van der Waals surface area contributed by atoms with Crippen LogP contribution >= 0.6 is 0 Å². The molecule has 0 amide bonds. The Morgan fingerprint density at radius 1 is 1.05 bits per heavy atom. The highest BCUT2D eigenvalue weighted by molar-refractivity contribution is 6.75. The third-order valence-corrected chi connectivity index (χ3v) is 6.44. The molecule has 112 valence electrons. The van der Waals surface area contributed by atoms with Crippen LogP contribution in [0.15, 0.2) is 42.5 Å². The SMILES string of the molecule is COc1ccc2c(c1)c1c(n2[Si](C)(C)C)Cc2ccccc2-1. The minimum Gasteiger partial charge on any atom is -0.497 e. The fraction of sp³-hybridized carbons (Fsp3) is 0.263. The van der Waals surface area contributed by atoms with Crippen molar-refractivity contribution in [2.75, 3.05) is 7.11 Å². The van der Waals surface area contributed by atoms with E-state index in [0.29, 0.717) is 0 Å². The van der Waals surface area contributed by atoms with Crippen LogP contribution in [-0.2, 0) is 6.42 Å². The summed E-state index contributed by atoms with van der Waals surface area (Å²) in [7, 11) is 0.248. The van der Waals surface area contributed by atoms with Gasteiger partial charge in [-0.2, -0.15) is 0 Å². The molecule has 1 aromatic heterocycles. The van der Waals surface area contributed by atoms with Crippen molar-refractivity contribution in [1.82, 2.24) is 4.23 Å². The zero-order valence-electron chi connectivity index (χ0n) is 13.6. The average molecular weight is 307 g/mol. The summed E-state index contributed by atoms with van der Waals surface area (Å²) in [6.07, 6.45) is 1.05. The normalized spacial score (nSPS) is 13.3. The van der Waals surface area contributed by atoms with Gasteiger partial charge < -0.3 is 8.97 Å². The summed E-state index contributed by atoms with van der Waals surface area (Å²) < 4.78 is 8.10. The number of nitrogens with zero attached hydrogens (tertiary/aromatic N) is 1. The molecule has 4 rings (SSSR count). The quantitative estimate of drug-likeness (QED) is 0.480. The van der Waals surface area contributed by atoms with E-state index in [0.717, 1.165) is 12.2 Å². The Bertz CT molecular complexity index is 886. The van der Waals surface area contributed by atoms with Crippen molar-refractivity contribution < 1.29 is 4.74 Å². The number of hydrogen-bond donors (Lipinski definition) is 0. The number of hydrogen-bond acceptors (Lipinski definition) is 1. The van der Waals surface area contributed by atoms with Gasteiger partial charge in [0.1, 0.15) is 5.75 Å². The lowest BCUT2D eigenvalue weighted by Gasteiger charge is -2.23. The predicted octanol–water partition coefficient (Wildman–Crippen LogP) is 4.90. The third kappa shape index (κ3) is 1.78. The molecule has 0 saturated heterocycles. The van der Waals surface area contributed by atoms with Gasteiger partial charge in [0.2, 0.25) is 0 Å². The van der Waals surface area contributed by atoms with Gasteiger partial charge in [0.15, 0.2) is 8.24 Å². The maximum Gasteiger partial charge on any atom is 0.153 e. The van der Waals surface area contributed by atoms with E-state index in [9.17, 15) is 0 Å². The summed E-state index contributed by atoms with van der Waals surface area (Å²) in [4.78, 5) is 0. The molecule has 1 aliphatic carbocycles. The molecule has 0 bridgehead atoms. The van der Waals surface area contributed by atoms with E-state index in [-0.39, 0.29) is 0 Å². The van der Waals surface area contributed by atoms with Crippen molar-refractivity contribution in [1.29, 1.82) is 0 Å². The topological polar surface area (TPSA) is 14.2 Å². The first-order chi connectivity index (χ1) is 10.5. The van der Waals surface area contributed by atoms with Gasteiger partial charge in [-0.05, 0) is 29.3 Å². The monoisotopic (exact) mass is 307 g/mol. The van der Waals surface area contributed by atoms with Crippen LogP contribution < -0.4 is 4.74 Å². The van der Waals surface area contributed by atoms with Crippen LogP contribution in [0.1, 0.15) is 11.3 Å². The standard InChI is InChI=1S/C19H21NOSi/c1-21-14-9-10-17-16(12-14)19-15-8-6-5-7-13(15)11-18(19)20(17)22(2,3)4/h5-10,12H,11H2,1-4H3. The Balaban J connectivity index is 2.14. The zero-order valence-corrected chi connectivity index (χ0v) is 14.6. The molecule has 0 unspecified atom stereocenters. The van der Waals surface area contributed by atoms with Crippen LogP contribution in [0.5, 0.6) is 5.75 Å². The molecule has 3 aromatic rings. The summed E-state index contributed by atoms with van der Waals surface area (Å²) in [5.74, 6) is 0.937. The second-order valence-electron chi connectivity index (χ2n) is 7.04. The molecule has 0 saturated carbocycles. The van der Waals surface area contributed by atoms with Crippen LogP contribution in [0.2, 0.25) is 19.6 Å². The number of fused-ring (bicyclic) bond motifs is 5. The third-order valence-electron chi connectivity index (χ3n) is 4.59. The number of ether oxygens (including phenoxy) is 1. The molecule has 0 radical (unpaired) electrons. The van der Waals surface area contributed by atoms with Crippen LogP contribution in [0.25, 0.3) is 22.0 Å². The highest BCUT2D eigenvalue weighted by atomic mass is 28.3. The average Bonchev–Trinajstić information content (AvgIpc) is 2.99. The van der Waals surface area contributed by atoms with Crippen LogP contribution in [0.3, 0.4) is 0 Å². The maximum atomic E-state index is 5.47. The Morgan fingerprint density at radius 2 is 1.82 bits per heavy atom. The summed E-state index contributed by atoms with van der Waals surface area (Å²) >= 11 is 0. The fourth-order valence-corrected chi connectivity index (χ4v) is 5.70. The molecule has 2 aromatic carbocycles. The van der Waals surface area contributed by atoms with Crippen molar-refractivity contribution in [3.63, 3.8) is 0 Å². The van der Waals surface area contributed by atoms with Crippen molar-refractivity contribution in [2.45, 2.75) is 26.1 Å². The highest BCUT2D eigenvalue weighted by Gasteiger charge is 2.31. The molecule has 0 N–H and O–H groups in total. The molecule has 22 heavy (non-hydrogen) atoms. The molecule has 0 fully saturated rings. The number of aromatic nitrogens is 1. The second-order valence-corrected chi connectivity index (χ2v) is 11.8. The Hall–Kier alpha value is -2.00. The van der Waals surface area contributed by atoms with E-state index in [4.69, 9.17) is 4.74 Å². The molecule has 0 spiro atoms. The molecular weight excluding hydrogens is 286 g/mol. The number of rotatable bonds is 2. The van der Waals surface area contributed by atoms with Crippen molar-refractivity contribution in [3.05, 3.63) is 53.7 Å². The van der Waals surface area contributed by atoms with Gasteiger partial charge in [-0.3, -0.25) is 0 Å². The van der Waals surface area contributed by atoms with Gasteiger partial charge in [-0.15, -0.1) is 0 Å². The Morgan fingerprint density at radius 3 is 2.55 bits per heavy atom. The second kappa shape index (κ2) is 4.50. The van der Waals surface area contributed by atoms with E-state index in [1.807, 2.05) is 0 Å². The maximum absolute atomic E-state index is 5.47. The van der Waals surface area contributed by atoms with Gasteiger partial charge >= 0.3 is 0 Å². The van der Waals surface area contributed by atoms with Gasteiger partial charge in [0, 0.05) is 28.6 Å². The fourth-order valence-electron chi connectivity index (χ4n) is 3.78. The van der Waals surface area contributed by atoms with Crippen molar-refractivity contribution >= 4 is 19.1 Å². The van der Waals surface area contributed by atoms with E-state index in [1.54, 1.807) is 7.11 Å². The summed E-state index contributed by atoms with van der Waals surface area (Å²) in [5.41, 5.74) is 7.12. The highest BCUT2D eigenvalue weighted by Crippen LogP contribution is 2.45. The first-order valence-electron chi connectivity index (χ1n) is 7.81. The summed E-state index contributed by atoms with van der Waals surface area (Å²) in [6, 6.07) is 15.3. The first kappa shape index (κ1) is 13.6. The van der Waals surface area contributed by atoms with Gasteiger partial charge in [0.05, 0.1) is 7.11 Å². The van der Waals surface area contributed by atoms with E-state index >= 15 is 0 Å². The largest absolute Gasteiger partial charge is 0.497 e. The zero-order chi connectivity index (χ0) is 15.5. The molecule has 0 atom stereocenters. The Kier molecular flexibility index (Phi) is 2.79. The molecule has 1 aliphatic rings. The van der Waals surface area contributed by atoms with Gasteiger partial charge in [0.25, 0.3) is 0 Å². The molecule has 2 nitrogen and oxygen atoms in total. The molecule has 1 heterocycles.